The maximum atomic E-state index is 11.9. The summed E-state index contributed by atoms with van der Waals surface area (Å²) in [5, 5.41) is 3.01. The first-order chi connectivity index (χ1) is 7.16. The molecule has 0 spiro atoms. The largest absolute Gasteiger partial charge is 0.319 e. The summed E-state index contributed by atoms with van der Waals surface area (Å²) in [4.78, 5) is 13.6. The van der Waals surface area contributed by atoms with Crippen molar-refractivity contribution in [2.75, 3.05) is 25.5 Å². The molecule has 1 rings (SSSR count). The third-order valence-electron chi connectivity index (χ3n) is 2.41. The second-order valence-electron chi connectivity index (χ2n) is 3.69. The lowest BCUT2D eigenvalue weighted by Gasteiger charge is -2.21. The van der Waals surface area contributed by atoms with Crippen LogP contribution in [0.15, 0.2) is 30.3 Å². The summed E-state index contributed by atoms with van der Waals surface area (Å²) in [5.74, 6) is 0.135. The van der Waals surface area contributed by atoms with Crippen LogP contribution < -0.4 is 10.2 Å². The van der Waals surface area contributed by atoms with Crippen LogP contribution in [0.1, 0.15) is 6.92 Å². The zero-order chi connectivity index (χ0) is 11.3. The van der Waals surface area contributed by atoms with E-state index in [0.29, 0.717) is 6.54 Å². The smallest absolute Gasteiger partial charge is 0.230 e. The number of benzene rings is 1. The van der Waals surface area contributed by atoms with Crippen molar-refractivity contribution in [3.8, 4) is 0 Å². The Morgan fingerprint density at radius 3 is 2.44 bits per heavy atom. The lowest BCUT2D eigenvalue weighted by Crippen LogP contribution is -2.35. The van der Waals surface area contributed by atoms with Gasteiger partial charge in [-0.3, -0.25) is 4.79 Å². The highest BCUT2D eigenvalue weighted by atomic mass is 35.5. The van der Waals surface area contributed by atoms with Gasteiger partial charge in [0.15, 0.2) is 0 Å². The van der Waals surface area contributed by atoms with Gasteiger partial charge < -0.3 is 10.2 Å². The summed E-state index contributed by atoms with van der Waals surface area (Å²) < 4.78 is 0. The molecule has 0 saturated heterocycles. The lowest BCUT2D eigenvalue weighted by molar-refractivity contribution is -0.121. The first-order valence-corrected chi connectivity index (χ1v) is 5.14. The molecule has 0 heterocycles. The molecule has 1 N–H and O–H groups in total. The van der Waals surface area contributed by atoms with Crippen molar-refractivity contribution in [2.45, 2.75) is 6.92 Å². The molecule has 0 fully saturated rings. The van der Waals surface area contributed by atoms with Crippen LogP contribution in [0, 0.1) is 5.92 Å². The summed E-state index contributed by atoms with van der Waals surface area (Å²) in [6.07, 6.45) is 0. The van der Waals surface area contributed by atoms with Gasteiger partial charge in [0.1, 0.15) is 0 Å². The Morgan fingerprint density at radius 2 is 1.94 bits per heavy atom. The number of amides is 1. The van der Waals surface area contributed by atoms with E-state index < -0.39 is 0 Å². The number of nitrogens with zero attached hydrogens (tertiary/aromatic N) is 1. The molecule has 1 unspecified atom stereocenters. The van der Waals surface area contributed by atoms with Crippen molar-refractivity contribution < 1.29 is 4.79 Å². The van der Waals surface area contributed by atoms with Gasteiger partial charge in [-0.05, 0) is 19.2 Å². The summed E-state index contributed by atoms with van der Waals surface area (Å²) in [7, 11) is 3.66. The van der Waals surface area contributed by atoms with Crippen molar-refractivity contribution in [1.82, 2.24) is 5.32 Å². The topological polar surface area (TPSA) is 32.3 Å². The second kappa shape index (κ2) is 7.25. The van der Waals surface area contributed by atoms with Crippen molar-refractivity contribution in [1.29, 1.82) is 0 Å². The predicted molar refractivity (Wildman–Crippen MR) is 70.2 cm³/mol. The van der Waals surface area contributed by atoms with E-state index in [2.05, 4.69) is 5.32 Å². The molecule has 0 aliphatic carbocycles. The van der Waals surface area contributed by atoms with Crippen LogP contribution >= 0.6 is 12.4 Å². The zero-order valence-corrected chi connectivity index (χ0v) is 10.8. The molecule has 1 amide bonds. The standard InChI is InChI=1S/C12H18N2O.ClH/c1-10(9-13-2)12(15)14(3)11-7-5-4-6-8-11;/h4-8,10,13H,9H2,1-3H3;1H. The van der Waals surface area contributed by atoms with E-state index in [1.54, 1.807) is 4.90 Å². The average Bonchev–Trinajstić information content (AvgIpc) is 2.28. The van der Waals surface area contributed by atoms with Gasteiger partial charge in [0.2, 0.25) is 5.91 Å². The van der Waals surface area contributed by atoms with E-state index in [0.717, 1.165) is 5.69 Å². The summed E-state index contributed by atoms with van der Waals surface area (Å²) in [6, 6.07) is 9.68. The molecular formula is C12H19ClN2O. The Bertz CT molecular complexity index is 316. The normalized spacial score (nSPS) is 11.4. The summed E-state index contributed by atoms with van der Waals surface area (Å²) in [5.41, 5.74) is 0.936. The summed E-state index contributed by atoms with van der Waals surface area (Å²) >= 11 is 0. The molecule has 1 atom stereocenters. The van der Waals surface area contributed by atoms with Gasteiger partial charge >= 0.3 is 0 Å². The Labute approximate surface area is 103 Å². The van der Waals surface area contributed by atoms with Crippen LogP contribution in [0.4, 0.5) is 5.69 Å². The van der Waals surface area contributed by atoms with Crippen molar-refractivity contribution in [3.63, 3.8) is 0 Å². The molecule has 1 aromatic rings. The van der Waals surface area contributed by atoms with Gasteiger partial charge in [0.05, 0.1) is 0 Å². The molecule has 1 aromatic carbocycles. The highest BCUT2D eigenvalue weighted by molar-refractivity contribution is 5.94. The number of carbonyl (C=O) groups excluding carboxylic acids is 1. The number of para-hydroxylation sites is 1. The SMILES string of the molecule is CNCC(C)C(=O)N(C)c1ccccc1.Cl. The Hall–Kier alpha value is -1.06. The van der Waals surface area contributed by atoms with E-state index in [-0.39, 0.29) is 24.2 Å². The van der Waals surface area contributed by atoms with Gasteiger partial charge in [-0.15, -0.1) is 12.4 Å². The Balaban J connectivity index is 0.00000225. The number of halogens is 1. The Morgan fingerprint density at radius 1 is 1.38 bits per heavy atom. The third kappa shape index (κ3) is 3.83. The molecule has 0 aliphatic rings. The van der Waals surface area contributed by atoms with E-state index >= 15 is 0 Å². The molecule has 0 aromatic heterocycles. The van der Waals surface area contributed by atoms with Crippen LogP contribution in [0.5, 0.6) is 0 Å². The lowest BCUT2D eigenvalue weighted by atomic mass is 10.1. The van der Waals surface area contributed by atoms with E-state index in [1.165, 1.54) is 0 Å². The second-order valence-corrected chi connectivity index (χ2v) is 3.69. The molecule has 4 heteroatoms. The van der Waals surface area contributed by atoms with Gasteiger partial charge in [-0.2, -0.15) is 0 Å². The molecule has 3 nitrogen and oxygen atoms in total. The van der Waals surface area contributed by atoms with Gasteiger partial charge in [0, 0.05) is 25.2 Å². The number of rotatable bonds is 4. The molecule has 90 valence electrons. The summed E-state index contributed by atoms with van der Waals surface area (Å²) in [6.45, 7) is 2.63. The van der Waals surface area contributed by atoms with Crippen molar-refractivity contribution in [2.24, 2.45) is 5.92 Å². The first-order valence-electron chi connectivity index (χ1n) is 5.14. The molecular weight excluding hydrogens is 224 g/mol. The maximum absolute atomic E-state index is 11.9. The average molecular weight is 243 g/mol. The minimum absolute atomic E-state index is 0. The van der Waals surface area contributed by atoms with Gasteiger partial charge in [0.25, 0.3) is 0 Å². The van der Waals surface area contributed by atoms with Crippen molar-refractivity contribution in [3.05, 3.63) is 30.3 Å². The van der Waals surface area contributed by atoms with Gasteiger partial charge in [-0.1, -0.05) is 25.1 Å². The van der Waals surface area contributed by atoms with Crippen LogP contribution in [0.2, 0.25) is 0 Å². The molecule has 0 radical (unpaired) electrons. The minimum Gasteiger partial charge on any atom is -0.319 e. The number of carbonyl (C=O) groups is 1. The van der Waals surface area contributed by atoms with Crippen molar-refractivity contribution >= 4 is 24.0 Å². The highest BCUT2D eigenvalue weighted by Crippen LogP contribution is 2.13. The monoisotopic (exact) mass is 242 g/mol. The van der Waals surface area contributed by atoms with E-state index in [9.17, 15) is 4.79 Å². The maximum Gasteiger partial charge on any atom is 0.230 e. The quantitative estimate of drug-likeness (QED) is 0.875. The number of hydrogen-bond acceptors (Lipinski definition) is 2. The van der Waals surface area contributed by atoms with Gasteiger partial charge in [-0.25, -0.2) is 0 Å². The zero-order valence-electron chi connectivity index (χ0n) is 9.93. The minimum atomic E-state index is 0. The van der Waals surface area contributed by atoms with E-state index in [1.807, 2.05) is 51.4 Å². The number of anilines is 1. The fourth-order valence-corrected chi connectivity index (χ4v) is 1.50. The number of nitrogens with one attached hydrogen (secondary N) is 1. The fraction of sp³-hybridized carbons (Fsp3) is 0.417. The molecule has 0 aliphatic heterocycles. The van der Waals surface area contributed by atoms with Crippen LogP contribution in [0.25, 0.3) is 0 Å². The third-order valence-corrected chi connectivity index (χ3v) is 2.41. The van der Waals surface area contributed by atoms with Crippen LogP contribution in [-0.2, 0) is 4.79 Å². The molecule has 16 heavy (non-hydrogen) atoms. The van der Waals surface area contributed by atoms with E-state index in [4.69, 9.17) is 0 Å². The number of hydrogen-bond donors (Lipinski definition) is 1. The highest BCUT2D eigenvalue weighted by Gasteiger charge is 2.17. The molecule has 0 bridgehead atoms. The molecule has 0 saturated carbocycles. The first kappa shape index (κ1) is 14.9. The van der Waals surface area contributed by atoms with Crippen LogP contribution in [-0.4, -0.2) is 26.5 Å². The fourth-order valence-electron chi connectivity index (χ4n) is 1.50. The Kier molecular flexibility index (Phi) is 6.77. The van der Waals surface area contributed by atoms with Crippen LogP contribution in [0.3, 0.4) is 0 Å². The predicted octanol–water partition coefficient (Wildman–Crippen LogP) is 1.93.